The van der Waals surface area contributed by atoms with Crippen LogP contribution in [0.5, 0.6) is 0 Å². The summed E-state index contributed by atoms with van der Waals surface area (Å²) in [7, 11) is 0. The van der Waals surface area contributed by atoms with E-state index in [1.54, 1.807) is 6.08 Å². The first-order chi connectivity index (χ1) is 13.3. The first-order valence-electron chi connectivity index (χ1n) is 9.96. The van der Waals surface area contributed by atoms with Gasteiger partial charge in [-0.3, -0.25) is 4.79 Å². The first-order valence-corrected chi connectivity index (χ1v) is 9.96. The Balaban J connectivity index is 3.08. The molecule has 7 heteroatoms. The van der Waals surface area contributed by atoms with Crippen molar-refractivity contribution >= 4 is 5.97 Å². The molecule has 160 valence electrons. The summed E-state index contributed by atoms with van der Waals surface area (Å²) in [6, 6.07) is 0. The molecule has 0 saturated heterocycles. The molecular formula is C20H38O7. The summed E-state index contributed by atoms with van der Waals surface area (Å²) < 4.78 is 31.7. The molecule has 0 spiro atoms. The molecule has 0 aromatic heterocycles. The Morgan fingerprint density at radius 3 is 1.67 bits per heavy atom. The van der Waals surface area contributed by atoms with Gasteiger partial charge in [-0.15, -0.1) is 6.58 Å². The zero-order valence-electron chi connectivity index (χ0n) is 17.0. The van der Waals surface area contributed by atoms with Crippen LogP contribution in [0, 0.1) is 0 Å². The molecule has 0 saturated carbocycles. The maximum absolute atomic E-state index is 11.4. The molecular weight excluding hydrogens is 352 g/mol. The molecule has 0 unspecified atom stereocenters. The van der Waals surface area contributed by atoms with E-state index in [0.717, 1.165) is 19.3 Å². The third-order valence-corrected chi connectivity index (χ3v) is 3.45. The Labute approximate surface area is 164 Å². The number of ether oxygens (including phenoxy) is 6. The second-order valence-corrected chi connectivity index (χ2v) is 5.84. The smallest absolute Gasteiger partial charge is 0.305 e. The van der Waals surface area contributed by atoms with Crippen molar-refractivity contribution in [2.75, 3.05) is 72.7 Å². The fourth-order valence-electron chi connectivity index (χ4n) is 2.03. The largest absolute Gasteiger partial charge is 0.463 e. The van der Waals surface area contributed by atoms with Crippen molar-refractivity contribution in [1.29, 1.82) is 0 Å². The van der Waals surface area contributed by atoms with E-state index in [0.29, 0.717) is 79.1 Å². The van der Waals surface area contributed by atoms with Crippen LogP contribution in [0.1, 0.15) is 39.0 Å². The molecule has 0 amide bonds. The monoisotopic (exact) mass is 390 g/mol. The molecule has 0 aromatic carbocycles. The molecule has 0 rings (SSSR count). The van der Waals surface area contributed by atoms with Gasteiger partial charge in [0.1, 0.15) is 6.61 Å². The molecule has 0 heterocycles. The van der Waals surface area contributed by atoms with E-state index in [2.05, 4.69) is 13.5 Å². The lowest BCUT2D eigenvalue weighted by Crippen LogP contribution is -2.15. The minimum absolute atomic E-state index is 0.142. The number of rotatable bonds is 22. The highest BCUT2D eigenvalue weighted by atomic mass is 16.6. The predicted octanol–water partition coefficient (Wildman–Crippen LogP) is 2.77. The quantitative estimate of drug-likeness (QED) is 0.160. The van der Waals surface area contributed by atoms with Gasteiger partial charge in [0, 0.05) is 6.42 Å². The first kappa shape index (κ1) is 26.0. The molecule has 0 aliphatic carbocycles. The van der Waals surface area contributed by atoms with E-state index in [1.807, 2.05) is 0 Å². The maximum Gasteiger partial charge on any atom is 0.305 e. The van der Waals surface area contributed by atoms with Crippen LogP contribution in [0.25, 0.3) is 0 Å². The van der Waals surface area contributed by atoms with Crippen molar-refractivity contribution in [3.8, 4) is 0 Å². The van der Waals surface area contributed by atoms with E-state index in [1.165, 1.54) is 6.42 Å². The minimum Gasteiger partial charge on any atom is -0.463 e. The molecule has 0 bridgehead atoms. The average molecular weight is 391 g/mol. The third-order valence-electron chi connectivity index (χ3n) is 3.45. The van der Waals surface area contributed by atoms with Crippen molar-refractivity contribution < 1.29 is 33.2 Å². The van der Waals surface area contributed by atoms with Gasteiger partial charge in [-0.2, -0.15) is 0 Å². The SMILES string of the molecule is C=CCOCCOCCOCCOCCOCCOC(=O)CCCCCC. The van der Waals surface area contributed by atoms with E-state index in [4.69, 9.17) is 28.4 Å². The Morgan fingerprint density at radius 2 is 1.19 bits per heavy atom. The van der Waals surface area contributed by atoms with E-state index in [9.17, 15) is 4.79 Å². The van der Waals surface area contributed by atoms with Crippen LogP contribution in [0.2, 0.25) is 0 Å². The van der Waals surface area contributed by atoms with Gasteiger partial charge >= 0.3 is 5.97 Å². The Hall–Kier alpha value is -0.990. The molecule has 27 heavy (non-hydrogen) atoms. The van der Waals surface area contributed by atoms with E-state index < -0.39 is 0 Å². The highest BCUT2D eigenvalue weighted by Crippen LogP contribution is 2.03. The molecule has 0 aliphatic rings. The van der Waals surface area contributed by atoms with Gasteiger partial charge in [0.15, 0.2) is 0 Å². The van der Waals surface area contributed by atoms with Gasteiger partial charge in [0.05, 0.1) is 66.1 Å². The van der Waals surface area contributed by atoms with Gasteiger partial charge in [-0.1, -0.05) is 32.3 Å². The molecule has 7 nitrogen and oxygen atoms in total. The second kappa shape index (κ2) is 23.0. The molecule has 0 N–H and O–H groups in total. The normalized spacial score (nSPS) is 10.9. The number of hydrogen-bond acceptors (Lipinski definition) is 7. The van der Waals surface area contributed by atoms with Gasteiger partial charge in [0.25, 0.3) is 0 Å². The number of unbranched alkanes of at least 4 members (excludes halogenated alkanes) is 3. The van der Waals surface area contributed by atoms with Crippen molar-refractivity contribution in [1.82, 2.24) is 0 Å². The van der Waals surface area contributed by atoms with Gasteiger partial charge in [0.2, 0.25) is 0 Å². The van der Waals surface area contributed by atoms with Gasteiger partial charge in [-0.05, 0) is 6.42 Å². The molecule has 0 aromatic rings. The van der Waals surface area contributed by atoms with E-state index >= 15 is 0 Å². The lowest BCUT2D eigenvalue weighted by atomic mass is 10.2. The number of carbonyl (C=O) groups is 1. The summed E-state index contributed by atoms with van der Waals surface area (Å²) in [5, 5.41) is 0. The Kier molecular flexibility index (Phi) is 22.2. The Morgan fingerprint density at radius 1 is 0.704 bits per heavy atom. The summed E-state index contributed by atoms with van der Waals surface area (Å²) in [5.74, 6) is -0.142. The lowest BCUT2D eigenvalue weighted by Gasteiger charge is -2.08. The fourth-order valence-corrected chi connectivity index (χ4v) is 2.03. The zero-order valence-corrected chi connectivity index (χ0v) is 17.0. The van der Waals surface area contributed by atoms with E-state index in [-0.39, 0.29) is 5.97 Å². The van der Waals surface area contributed by atoms with Crippen LogP contribution in [-0.4, -0.2) is 78.6 Å². The van der Waals surface area contributed by atoms with Crippen molar-refractivity contribution in [2.45, 2.75) is 39.0 Å². The van der Waals surface area contributed by atoms with Crippen LogP contribution >= 0.6 is 0 Å². The van der Waals surface area contributed by atoms with Crippen LogP contribution in [0.3, 0.4) is 0 Å². The number of hydrogen-bond donors (Lipinski definition) is 0. The summed E-state index contributed by atoms with van der Waals surface area (Å²) >= 11 is 0. The second-order valence-electron chi connectivity index (χ2n) is 5.84. The lowest BCUT2D eigenvalue weighted by molar-refractivity contribution is -0.145. The summed E-state index contributed by atoms with van der Waals surface area (Å²) in [6.07, 6.45) is 6.52. The van der Waals surface area contributed by atoms with Crippen LogP contribution in [0.15, 0.2) is 12.7 Å². The van der Waals surface area contributed by atoms with Crippen LogP contribution in [0.4, 0.5) is 0 Å². The molecule has 0 radical (unpaired) electrons. The number of carbonyl (C=O) groups excluding carboxylic acids is 1. The zero-order chi connectivity index (χ0) is 19.8. The van der Waals surface area contributed by atoms with Crippen LogP contribution in [-0.2, 0) is 33.2 Å². The Bertz CT molecular complexity index is 323. The highest BCUT2D eigenvalue weighted by Gasteiger charge is 2.02. The van der Waals surface area contributed by atoms with Crippen molar-refractivity contribution in [3.63, 3.8) is 0 Å². The predicted molar refractivity (Wildman–Crippen MR) is 104 cm³/mol. The summed E-state index contributed by atoms with van der Waals surface area (Å²) in [5.41, 5.74) is 0. The van der Waals surface area contributed by atoms with Gasteiger partial charge in [-0.25, -0.2) is 0 Å². The third kappa shape index (κ3) is 23.0. The standard InChI is InChI=1S/C20H38O7/c1-3-5-6-7-8-20(21)27-19-18-26-17-16-25-15-14-24-13-12-23-11-10-22-9-4-2/h4H,2-3,5-19H2,1H3. The maximum atomic E-state index is 11.4. The molecule has 0 fully saturated rings. The summed E-state index contributed by atoms with van der Waals surface area (Å²) in [4.78, 5) is 11.4. The molecule has 0 aliphatic heterocycles. The highest BCUT2D eigenvalue weighted by molar-refractivity contribution is 5.69. The summed E-state index contributed by atoms with van der Waals surface area (Å²) in [6.45, 7) is 11.1. The van der Waals surface area contributed by atoms with Crippen molar-refractivity contribution in [2.24, 2.45) is 0 Å². The number of esters is 1. The fraction of sp³-hybridized carbons (Fsp3) is 0.850. The topological polar surface area (TPSA) is 72.5 Å². The average Bonchev–Trinajstić information content (AvgIpc) is 2.67. The molecule has 0 atom stereocenters. The van der Waals surface area contributed by atoms with Gasteiger partial charge < -0.3 is 28.4 Å². The van der Waals surface area contributed by atoms with Crippen LogP contribution < -0.4 is 0 Å². The minimum atomic E-state index is -0.142. The van der Waals surface area contributed by atoms with Crippen molar-refractivity contribution in [3.05, 3.63) is 12.7 Å².